The number of thioether (sulfide) groups is 1. The van der Waals surface area contributed by atoms with Crippen molar-refractivity contribution < 1.29 is 0 Å². The second-order valence-corrected chi connectivity index (χ2v) is 6.18. The smallest absolute Gasteiger partial charge is 0.0484 e. The van der Waals surface area contributed by atoms with E-state index in [-0.39, 0.29) is 0 Å². The van der Waals surface area contributed by atoms with E-state index in [2.05, 4.69) is 47.1 Å². The molecule has 0 aromatic heterocycles. The fourth-order valence-corrected chi connectivity index (χ4v) is 3.07. The molecule has 0 bridgehead atoms. The maximum atomic E-state index is 6.26. The van der Waals surface area contributed by atoms with E-state index in [9.17, 15) is 0 Å². The molecule has 2 aromatic rings. The number of halogens is 2. The molecule has 0 heterocycles. The second-order valence-electron chi connectivity index (χ2n) is 3.55. The standard InChI is InChI=1S/C14H12BrClS/c1-2-17-14-8-7-10(15)9-12(14)11-5-3-4-6-13(11)16/h3-9H,2H2,1H3. The predicted octanol–water partition coefficient (Wildman–Crippen LogP) is 5.88. The van der Waals surface area contributed by atoms with E-state index in [0.717, 1.165) is 20.8 Å². The molecule has 0 aliphatic heterocycles. The van der Waals surface area contributed by atoms with Gasteiger partial charge in [-0.1, -0.05) is 52.7 Å². The highest BCUT2D eigenvalue weighted by atomic mass is 79.9. The van der Waals surface area contributed by atoms with Gasteiger partial charge in [-0.25, -0.2) is 0 Å². The Bertz CT molecular complexity index is 525. The fraction of sp³-hybridized carbons (Fsp3) is 0.143. The summed E-state index contributed by atoms with van der Waals surface area (Å²) in [6.07, 6.45) is 0. The van der Waals surface area contributed by atoms with E-state index in [0.29, 0.717) is 0 Å². The highest BCUT2D eigenvalue weighted by Crippen LogP contribution is 2.36. The molecule has 0 fully saturated rings. The molecule has 0 aliphatic carbocycles. The zero-order chi connectivity index (χ0) is 12.3. The van der Waals surface area contributed by atoms with Crippen molar-refractivity contribution in [3.63, 3.8) is 0 Å². The molecule has 0 radical (unpaired) electrons. The summed E-state index contributed by atoms with van der Waals surface area (Å²) in [5.74, 6) is 1.05. The monoisotopic (exact) mass is 326 g/mol. The molecule has 0 saturated heterocycles. The molecule has 88 valence electrons. The lowest BCUT2D eigenvalue weighted by Gasteiger charge is -2.10. The Kier molecular flexibility index (Phi) is 4.55. The Morgan fingerprint density at radius 3 is 2.59 bits per heavy atom. The molecule has 2 aromatic carbocycles. The summed E-state index contributed by atoms with van der Waals surface area (Å²) < 4.78 is 1.08. The normalized spacial score (nSPS) is 10.5. The summed E-state index contributed by atoms with van der Waals surface area (Å²) in [5, 5.41) is 0.795. The van der Waals surface area contributed by atoms with E-state index < -0.39 is 0 Å². The molecular weight excluding hydrogens is 316 g/mol. The average Bonchev–Trinajstić information content (AvgIpc) is 2.32. The average molecular weight is 328 g/mol. The first-order valence-corrected chi connectivity index (χ1v) is 7.55. The van der Waals surface area contributed by atoms with Gasteiger partial charge in [-0.3, -0.25) is 0 Å². The Morgan fingerprint density at radius 2 is 1.88 bits per heavy atom. The predicted molar refractivity (Wildman–Crippen MR) is 81.0 cm³/mol. The molecule has 0 amide bonds. The van der Waals surface area contributed by atoms with Gasteiger partial charge in [-0.15, -0.1) is 11.8 Å². The van der Waals surface area contributed by atoms with E-state index in [1.54, 1.807) is 0 Å². The van der Waals surface area contributed by atoms with Crippen molar-refractivity contribution in [1.29, 1.82) is 0 Å². The van der Waals surface area contributed by atoms with Crippen LogP contribution >= 0.6 is 39.3 Å². The van der Waals surface area contributed by atoms with E-state index in [1.807, 2.05) is 30.0 Å². The molecule has 2 rings (SSSR count). The summed E-state index contributed by atoms with van der Waals surface area (Å²) in [6, 6.07) is 14.3. The third-order valence-corrected chi connectivity index (χ3v) is 4.18. The van der Waals surface area contributed by atoms with Crippen LogP contribution in [0.5, 0.6) is 0 Å². The van der Waals surface area contributed by atoms with Crippen LogP contribution in [-0.4, -0.2) is 5.75 Å². The van der Waals surface area contributed by atoms with Crippen LogP contribution in [-0.2, 0) is 0 Å². The van der Waals surface area contributed by atoms with Crippen LogP contribution in [0.25, 0.3) is 11.1 Å². The Morgan fingerprint density at radius 1 is 1.12 bits per heavy atom. The summed E-state index contributed by atoms with van der Waals surface area (Å²) in [5.41, 5.74) is 2.28. The second kappa shape index (κ2) is 5.94. The van der Waals surface area contributed by atoms with Crippen molar-refractivity contribution in [3.05, 3.63) is 52.0 Å². The van der Waals surface area contributed by atoms with Crippen LogP contribution in [0, 0.1) is 0 Å². The Balaban J connectivity index is 2.57. The van der Waals surface area contributed by atoms with Crippen molar-refractivity contribution in [1.82, 2.24) is 0 Å². The molecular formula is C14H12BrClS. The van der Waals surface area contributed by atoms with Crippen molar-refractivity contribution in [2.75, 3.05) is 5.75 Å². The third kappa shape index (κ3) is 3.06. The topological polar surface area (TPSA) is 0 Å². The maximum Gasteiger partial charge on any atom is 0.0484 e. The first kappa shape index (κ1) is 13.0. The van der Waals surface area contributed by atoms with E-state index in [4.69, 9.17) is 11.6 Å². The van der Waals surface area contributed by atoms with Crippen LogP contribution in [0.15, 0.2) is 51.8 Å². The minimum Gasteiger partial charge on any atom is -0.126 e. The summed E-state index contributed by atoms with van der Waals surface area (Å²) >= 11 is 11.6. The van der Waals surface area contributed by atoms with E-state index >= 15 is 0 Å². The molecule has 0 spiro atoms. The van der Waals surface area contributed by atoms with Gasteiger partial charge in [0.2, 0.25) is 0 Å². The van der Waals surface area contributed by atoms with Gasteiger partial charge >= 0.3 is 0 Å². The molecule has 17 heavy (non-hydrogen) atoms. The van der Waals surface area contributed by atoms with Crippen molar-refractivity contribution in [2.45, 2.75) is 11.8 Å². The Hall–Kier alpha value is -0.440. The molecule has 0 atom stereocenters. The van der Waals surface area contributed by atoms with Gasteiger partial charge in [0.15, 0.2) is 0 Å². The SMILES string of the molecule is CCSc1ccc(Br)cc1-c1ccccc1Cl. The zero-order valence-electron chi connectivity index (χ0n) is 9.41. The van der Waals surface area contributed by atoms with Crippen LogP contribution in [0.2, 0.25) is 5.02 Å². The molecule has 0 aliphatic rings. The highest BCUT2D eigenvalue weighted by molar-refractivity contribution is 9.10. The van der Waals surface area contributed by atoms with Crippen molar-refractivity contribution >= 4 is 39.3 Å². The van der Waals surface area contributed by atoms with E-state index in [1.165, 1.54) is 10.5 Å². The summed E-state index contributed by atoms with van der Waals surface area (Å²) in [6.45, 7) is 2.16. The van der Waals surface area contributed by atoms with Gasteiger partial charge in [0.1, 0.15) is 0 Å². The van der Waals surface area contributed by atoms with Gasteiger partial charge in [-0.05, 0) is 35.6 Å². The molecule has 0 unspecified atom stereocenters. The van der Waals surface area contributed by atoms with Crippen molar-refractivity contribution in [2.24, 2.45) is 0 Å². The van der Waals surface area contributed by atoms with Gasteiger partial charge < -0.3 is 0 Å². The van der Waals surface area contributed by atoms with Crippen LogP contribution in [0.1, 0.15) is 6.92 Å². The van der Waals surface area contributed by atoms with Crippen LogP contribution in [0.4, 0.5) is 0 Å². The number of hydrogen-bond acceptors (Lipinski definition) is 1. The highest BCUT2D eigenvalue weighted by Gasteiger charge is 2.08. The van der Waals surface area contributed by atoms with Gasteiger partial charge in [0, 0.05) is 20.0 Å². The largest absolute Gasteiger partial charge is 0.126 e. The lowest BCUT2D eigenvalue weighted by molar-refractivity contribution is 1.40. The fourth-order valence-electron chi connectivity index (χ4n) is 1.67. The lowest BCUT2D eigenvalue weighted by atomic mass is 10.1. The third-order valence-electron chi connectivity index (χ3n) is 2.41. The van der Waals surface area contributed by atoms with Crippen LogP contribution in [0.3, 0.4) is 0 Å². The molecule has 0 nitrogen and oxygen atoms in total. The van der Waals surface area contributed by atoms with Gasteiger partial charge in [0.05, 0.1) is 0 Å². The lowest BCUT2D eigenvalue weighted by Crippen LogP contribution is -1.84. The molecule has 0 saturated carbocycles. The number of hydrogen-bond donors (Lipinski definition) is 0. The first-order valence-electron chi connectivity index (χ1n) is 5.39. The Labute approximate surface area is 120 Å². The van der Waals surface area contributed by atoms with Gasteiger partial charge in [-0.2, -0.15) is 0 Å². The minimum absolute atomic E-state index is 0.795. The quantitative estimate of drug-likeness (QED) is 0.634. The summed E-state index contributed by atoms with van der Waals surface area (Å²) in [7, 11) is 0. The van der Waals surface area contributed by atoms with Crippen LogP contribution < -0.4 is 0 Å². The number of benzene rings is 2. The first-order chi connectivity index (χ1) is 8.22. The summed E-state index contributed by atoms with van der Waals surface area (Å²) in [4.78, 5) is 1.27. The zero-order valence-corrected chi connectivity index (χ0v) is 12.6. The molecule has 0 N–H and O–H groups in total. The maximum absolute atomic E-state index is 6.26. The molecule has 3 heteroatoms. The van der Waals surface area contributed by atoms with Gasteiger partial charge in [0.25, 0.3) is 0 Å². The minimum atomic E-state index is 0.795. The van der Waals surface area contributed by atoms with Crippen molar-refractivity contribution in [3.8, 4) is 11.1 Å². The number of rotatable bonds is 3.